The Morgan fingerprint density at radius 2 is 1.94 bits per heavy atom. The Balaban J connectivity index is 1.33. The summed E-state index contributed by atoms with van der Waals surface area (Å²) in [7, 11) is 0. The molecular weight excluding hydrogens is 384 g/mol. The summed E-state index contributed by atoms with van der Waals surface area (Å²) in [4.78, 5) is 17.8. The maximum Gasteiger partial charge on any atom is 0.137 e. The van der Waals surface area contributed by atoms with Gasteiger partial charge in [0.2, 0.25) is 0 Å². The molecule has 0 saturated carbocycles. The normalized spacial score (nSPS) is 13.8. The Morgan fingerprint density at radius 3 is 2.74 bits per heavy atom. The van der Waals surface area contributed by atoms with E-state index in [2.05, 4.69) is 60.9 Å². The van der Waals surface area contributed by atoms with Gasteiger partial charge in [-0.2, -0.15) is 0 Å². The van der Waals surface area contributed by atoms with Crippen molar-refractivity contribution in [2.24, 2.45) is 0 Å². The molecule has 154 valence electrons. The molecule has 0 amide bonds. The zero-order valence-corrected chi connectivity index (χ0v) is 17.5. The molecule has 1 aliphatic heterocycles. The van der Waals surface area contributed by atoms with E-state index in [0.29, 0.717) is 6.54 Å². The fraction of sp³-hybridized carbons (Fsp3) is 0.200. The summed E-state index contributed by atoms with van der Waals surface area (Å²) in [6, 6.07) is 14.6. The smallest absolute Gasteiger partial charge is 0.137 e. The summed E-state index contributed by atoms with van der Waals surface area (Å²) < 4.78 is 0. The van der Waals surface area contributed by atoms with Crippen LogP contribution in [-0.2, 0) is 6.54 Å². The van der Waals surface area contributed by atoms with Gasteiger partial charge in [0, 0.05) is 42.1 Å². The largest absolute Gasteiger partial charge is 0.365 e. The van der Waals surface area contributed by atoms with Crippen LogP contribution in [0.25, 0.3) is 27.7 Å². The molecule has 0 atom stereocenters. The van der Waals surface area contributed by atoms with Gasteiger partial charge < -0.3 is 10.6 Å². The van der Waals surface area contributed by atoms with Gasteiger partial charge in [-0.25, -0.2) is 9.97 Å². The van der Waals surface area contributed by atoms with Gasteiger partial charge in [0.15, 0.2) is 0 Å². The summed E-state index contributed by atoms with van der Waals surface area (Å²) >= 11 is 0. The quantitative estimate of drug-likeness (QED) is 0.510. The van der Waals surface area contributed by atoms with Crippen molar-refractivity contribution in [1.29, 1.82) is 0 Å². The number of hydrogen-bond acceptors (Lipinski definition) is 6. The molecule has 6 heteroatoms. The summed E-state index contributed by atoms with van der Waals surface area (Å²) in [5.41, 5.74) is 7.68. The Hall–Kier alpha value is -3.64. The van der Waals surface area contributed by atoms with E-state index in [1.165, 1.54) is 11.1 Å². The Bertz CT molecular complexity index is 1250. The fourth-order valence-corrected chi connectivity index (χ4v) is 3.87. The molecule has 1 aliphatic rings. The van der Waals surface area contributed by atoms with Gasteiger partial charge in [0.05, 0.1) is 11.2 Å². The fourth-order valence-electron chi connectivity index (χ4n) is 3.87. The number of nitrogens with one attached hydrogen (secondary N) is 2. The Labute approximate surface area is 181 Å². The molecule has 0 fully saturated rings. The predicted molar refractivity (Wildman–Crippen MR) is 125 cm³/mol. The van der Waals surface area contributed by atoms with Crippen molar-refractivity contribution >= 4 is 22.3 Å². The first-order valence-corrected chi connectivity index (χ1v) is 10.5. The molecule has 4 heterocycles. The molecule has 31 heavy (non-hydrogen) atoms. The van der Waals surface area contributed by atoms with Crippen LogP contribution < -0.4 is 10.6 Å². The van der Waals surface area contributed by atoms with Crippen molar-refractivity contribution in [3.05, 3.63) is 84.1 Å². The van der Waals surface area contributed by atoms with E-state index in [4.69, 9.17) is 0 Å². The van der Waals surface area contributed by atoms with E-state index in [-0.39, 0.29) is 0 Å². The molecule has 0 spiro atoms. The lowest BCUT2D eigenvalue weighted by Crippen LogP contribution is -2.20. The molecule has 0 aliphatic carbocycles. The van der Waals surface area contributed by atoms with Crippen molar-refractivity contribution in [3.8, 4) is 11.3 Å². The number of hydrogen-bond donors (Lipinski definition) is 2. The van der Waals surface area contributed by atoms with Crippen LogP contribution in [0.4, 0.5) is 5.82 Å². The average molecular weight is 409 g/mol. The van der Waals surface area contributed by atoms with Gasteiger partial charge in [-0.05, 0) is 66.9 Å². The molecule has 3 aromatic heterocycles. The molecule has 1 aromatic carbocycles. The van der Waals surface area contributed by atoms with Gasteiger partial charge >= 0.3 is 0 Å². The highest BCUT2D eigenvalue weighted by atomic mass is 15.0. The summed E-state index contributed by atoms with van der Waals surface area (Å²) in [6.07, 6.45) is 8.65. The number of aryl methyl sites for hydroxylation is 1. The SMILES string of the molecule is Cc1cc(-c2ccc(CNc3ncnc4cc(C5=CCNCC5)ccc34)cn2)ccn1. The van der Waals surface area contributed by atoms with E-state index in [0.717, 1.165) is 58.7 Å². The van der Waals surface area contributed by atoms with Gasteiger partial charge in [0.25, 0.3) is 0 Å². The highest BCUT2D eigenvalue weighted by Crippen LogP contribution is 2.26. The third-order valence-electron chi connectivity index (χ3n) is 5.55. The number of rotatable bonds is 5. The van der Waals surface area contributed by atoms with Crippen LogP contribution in [0, 0.1) is 6.92 Å². The number of benzene rings is 1. The molecule has 0 unspecified atom stereocenters. The maximum atomic E-state index is 4.62. The third-order valence-corrected chi connectivity index (χ3v) is 5.55. The van der Waals surface area contributed by atoms with E-state index in [9.17, 15) is 0 Å². The minimum Gasteiger partial charge on any atom is -0.365 e. The molecular formula is C25H24N6. The Kier molecular flexibility index (Phi) is 5.37. The summed E-state index contributed by atoms with van der Waals surface area (Å²) in [5, 5.41) is 7.83. The highest BCUT2D eigenvalue weighted by Gasteiger charge is 2.09. The van der Waals surface area contributed by atoms with E-state index < -0.39 is 0 Å². The monoisotopic (exact) mass is 408 g/mol. The number of anilines is 1. The molecule has 4 aromatic rings. The van der Waals surface area contributed by atoms with E-state index in [1.807, 2.05) is 37.5 Å². The van der Waals surface area contributed by atoms with E-state index in [1.54, 1.807) is 6.33 Å². The Morgan fingerprint density at radius 1 is 0.968 bits per heavy atom. The molecule has 0 radical (unpaired) electrons. The van der Waals surface area contributed by atoms with Gasteiger partial charge in [-0.3, -0.25) is 9.97 Å². The molecule has 0 saturated heterocycles. The third kappa shape index (κ3) is 4.29. The maximum absolute atomic E-state index is 4.62. The van der Waals surface area contributed by atoms with Crippen molar-refractivity contribution in [2.75, 3.05) is 18.4 Å². The second-order valence-electron chi connectivity index (χ2n) is 7.73. The summed E-state index contributed by atoms with van der Waals surface area (Å²) in [6.45, 7) is 4.58. The first-order valence-electron chi connectivity index (χ1n) is 10.5. The second kappa shape index (κ2) is 8.62. The highest BCUT2D eigenvalue weighted by molar-refractivity contribution is 5.91. The lowest BCUT2D eigenvalue weighted by Gasteiger charge is -2.15. The van der Waals surface area contributed by atoms with Crippen molar-refractivity contribution < 1.29 is 0 Å². The van der Waals surface area contributed by atoms with Crippen LogP contribution >= 0.6 is 0 Å². The van der Waals surface area contributed by atoms with E-state index >= 15 is 0 Å². The lowest BCUT2D eigenvalue weighted by molar-refractivity contribution is 0.738. The minimum absolute atomic E-state index is 0.646. The first kappa shape index (κ1) is 19.3. The zero-order valence-electron chi connectivity index (χ0n) is 17.5. The van der Waals surface area contributed by atoms with Gasteiger partial charge in [0.1, 0.15) is 12.1 Å². The number of nitrogens with zero attached hydrogens (tertiary/aromatic N) is 4. The van der Waals surface area contributed by atoms with Crippen LogP contribution in [0.1, 0.15) is 23.2 Å². The van der Waals surface area contributed by atoms with Crippen LogP contribution in [-0.4, -0.2) is 33.0 Å². The molecule has 5 rings (SSSR count). The molecule has 6 nitrogen and oxygen atoms in total. The number of aromatic nitrogens is 4. The number of pyridine rings is 2. The van der Waals surface area contributed by atoms with Crippen LogP contribution in [0.3, 0.4) is 0 Å². The van der Waals surface area contributed by atoms with Gasteiger partial charge in [-0.1, -0.05) is 18.2 Å². The second-order valence-corrected chi connectivity index (χ2v) is 7.73. The predicted octanol–water partition coefficient (Wildman–Crippen LogP) is 4.38. The first-order chi connectivity index (χ1) is 15.3. The van der Waals surface area contributed by atoms with Crippen molar-refractivity contribution in [2.45, 2.75) is 19.9 Å². The van der Waals surface area contributed by atoms with Crippen LogP contribution in [0.2, 0.25) is 0 Å². The van der Waals surface area contributed by atoms with Crippen LogP contribution in [0.15, 0.2) is 67.3 Å². The molecule has 0 bridgehead atoms. The van der Waals surface area contributed by atoms with Crippen LogP contribution in [0.5, 0.6) is 0 Å². The topological polar surface area (TPSA) is 75.6 Å². The zero-order chi connectivity index (χ0) is 21.0. The average Bonchev–Trinajstić information content (AvgIpc) is 2.83. The van der Waals surface area contributed by atoms with Crippen molar-refractivity contribution in [3.63, 3.8) is 0 Å². The van der Waals surface area contributed by atoms with Crippen molar-refractivity contribution in [1.82, 2.24) is 25.3 Å². The minimum atomic E-state index is 0.646. The van der Waals surface area contributed by atoms with Gasteiger partial charge in [-0.15, -0.1) is 0 Å². The lowest BCUT2D eigenvalue weighted by atomic mass is 9.99. The summed E-state index contributed by atoms with van der Waals surface area (Å²) in [5.74, 6) is 0.838. The molecule has 2 N–H and O–H groups in total. The number of fused-ring (bicyclic) bond motifs is 1. The standard InChI is InChI=1S/C25H24N6/c1-17-12-21(8-11-27-17)23-5-2-18(14-28-23)15-29-25-22-4-3-20(13-24(22)30-16-31-25)19-6-9-26-10-7-19/h2-6,8,11-14,16,26H,7,9-10,15H2,1H3,(H,29,30,31).